The first-order valence-corrected chi connectivity index (χ1v) is 11.5. The number of aryl methyl sites for hydroxylation is 1. The third kappa shape index (κ3) is 4.33. The molecule has 6 nitrogen and oxygen atoms in total. The standard InChI is InChI=1S/C25H21NO5S/c1-3-30-22-11-7-10-19-16-21(25(27)31-24(19)22)23(18-8-5-4-6-9-18)26-32(28,29)20-14-12-17(2)13-15-20/h4-16H,3H2,1-2H3/b26-23+. The number of ether oxygens (including phenoxy) is 1. The van der Waals surface area contributed by atoms with Crippen LogP contribution in [0.15, 0.2) is 97.4 Å². The zero-order valence-electron chi connectivity index (χ0n) is 17.6. The van der Waals surface area contributed by atoms with E-state index in [1.54, 1.807) is 66.7 Å². The molecule has 32 heavy (non-hydrogen) atoms. The van der Waals surface area contributed by atoms with E-state index in [1.165, 1.54) is 12.1 Å². The molecule has 0 saturated carbocycles. The van der Waals surface area contributed by atoms with Gasteiger partial charge >= 0.3 is 5.63 Å². The van der Waals surface area contributed by atoms with Gasteiger partial charge in [0.05, 0.1) is 22.8 Å². The summed E-state index contributed by atoms with van der Waals surface area (Å²) >= 11 is 0. The molecule has 0 N–H and O–H groups in total. The lowest BCUT2D eigenvalue weighted by atomic mass is 10.0. The van der Waals surface area contributed by atoms with Crippen LogP contribution >= 0.6 is 0 Å². The van der Waals surface area contributed by atoms with E-state index in [-0.39, 0.29) is 16.2 Å². The molecule has 162 valence electrons. The fourth-order valence-corrected chi connectivity index (χ4v) is 4.32. The molecule has 3 aromatic carbocycles. The Morgan fingerprint density at radius 3 is 2.38 bits per heavy atom. The molecule has 1 heterocycles. The van der Waals surface area contributed by atoms with Gasteiger partial charge in [-0.2, -0.15) is 12.8 Å². The molecule has 4 aromatic rings. The zero-order chi connectivity index (χ0) is 22.7. The lowest BCUT2D eigenvalue weighted by molar-refractivity contribution is 0.337. The zero-order valence-corrected chi connectivity index (χ0v) is 18.4. The van der Waals surface area contributed by atoms with Gasteiger partial charge in [-0.1, -0.05) is 60.2 Å². The van der Waals surface area contributed by atoms with Crippen molar-refractivity contribution in [3.63, 3.8) is 0 Å². The predicted octanol–water partition coefficient (Wildman–Crippen LogP) is 4.73. The second kappa shape index (κ2) is 8.80. The Hall–Kier alpha value is -3.71. The smallest absolute Gasteiger partial charge is 0.345 e. The largest absolute Gasteiger partial charge is 0.490 e. The van der Waals surface area contributed by atoms with Gasteiger partial charge in [0, 0.05) is 10.9 Å². The Kier molecular flexibility index (Phi) is 5.92. The van der Waals surface area contributed by atoms with Crippen LogP contribution in [0.2, 0.25) is 0 Å². The van der Waals surface area contributed by atoms with Crippen LogP contribution in [-0.2, 0) is 10.0 Å². The van der Waals surface area contributed by atoms with Crippen LogP contribution in [0.1, 0.15) is 23.6 Å². The van der Waals surface area contributed by atoms with Crippen LogP contribution in [0, 0.1) is 6.92 Å². The maximum Gasteiger partial charge on any atom is 0.345 e. The number of para-hydroxylation sites is 1. The number of sulfonamides is 1. The molecule has 0 aliphatic carbocycles. The lowest BCUT2D eigenvalue weighted by Crippen LogP contribution is -2.18. The van der Waals surface area contributed by atoms with Gasteiger partial charge in [-0.05, 0) is 38.1 Å². The number of benzene rings is 3. The first-order chi connectivity index (χ1) is 15.4. The molecule has 4 rings (SSSR count). The topological polar surface area (TPSA) is 85.9 Å². The van der Waals surface area contributed by atoms with Crippen LogP contribution in [0.3, 0.4) is 0 Å². The van der Waals surface area contributed by atoms with Crippen molar-refractivity contribution < 1.29 is 17.6 Å². The Bertz CT molecular complexity index is 1450. The molecule has 0 unspecified atom stereocenters. The van der Waals surface area contributed by atoms with Crippen molar-refractivity contribution in [2.75, 3.05) is 6.61 Å². The highest BCUT2D eigenvalue weighted by atomic mass is 32.2. The van der Waals surface area contributed by atoms with Gasteiger partial charge in [-0.15, -0.1) is 0 Å². The molecule has 0 radical (unpaired) electrons. The molecule has 1 aromatic heterocycles. The summed E-state index contributed by atoms with van der Waals surface area (Å²) in [6, 6.07) is 21.9. The van der Waals surface area contributed by atoms with Gasteiger partial charge in [0.2, 0.25) is 0 Å². The van der Waals surface area contributed by atoms with Crippen molar-refractivity contribution in [1.29, 1.82) is 0 Å². The van der Waals surface area contributed by atoms with Crippen molar-refractivity contribution in [2.24, 2.45) is 4.40 Å². The maximum atomic E-state index is 13.1. The summed E-state index contributed by atoms with van der Waals surface area (Å²) in [5, 5.41) is 0.599. The minimum Gasteiger partial charge on any atom is -0.490 e. The quantitative estimate of drug-likeness (QED) is 0.315. The number of hydrogen-bond donors (Lipinski definition) is 0. The second-order valence-electron chi connectivity index (χ2n) is 7.15. The van der Waals surface area contributed by atoms with Gasteiger partial charge in [0.15, 0.2) is 11.3 Å². The van der Waals surface area contributed by atoms with Crippen molar-refractivity contribution in [3.05, 3.63) is 106 Å². The average molecular weight is 448 g/mol. The minimum absolute atomic E-state index is 0.0173. The summed E-state index contributed by atoms with van der Waals surface area (Å²) < 4.78 is 41.3. The molecule has 0 amide bonds. The Morgan fingerprint density at radius 1 is 0.969 bits per heavy atom. The normalized spacial score (nSPS) is 12.1. The van der Waals surface area contributed by atoms with E-state index in [9.17, 15) is 13.2 Å². The molecule has 0 atom stereocenters. The highest BCUT2D eigenvalue weighted by Gasteiger charge is 2.21. The first-order valence-electron chi connectivity index (χ1n) is 10.1. The second-order valence-corrected chi connectivity index (χ2v) is 8.75. The number of rotatable bonds is 6. The SMILES string of the molecule is CCOc1cccc2cc(/C(=N/S(=O)(=O)c3ccc(C)cc3)c3ccccc3)c(=O)oc12. The van der Waals surface area contributed by atoms with Crippen molar-refractivity contribution in [3.8, 4) is 5.75 Å². The molecule has 7 heteroatoms. The Labute approximate surface area is 185 Å². The van der Waals surface area contributed by atoms with Crippen LogP contribution in [-0.4, -0.2) is 20.7 Å². The van der Waals surface area contributed by atoms with Gasteiger partial charge in [0.25, 0.3) is 10.0 Å². The lowest BCUT2D eigenvalue weighted by Gasteiger charge is -2.10. The Balaban J connectivity index is 1.95. The maximum absolute atomic E-state index is 13.1. The third-order valence-corrected chi connectivity index (χ3v) is 6.15. The van der Waals surface area contributed by atoms with E-state index in [4.69, 9.17) is 9.15 Å². The number of fused-ring (bicyclic) bond motifs is 1. The summed E-state index contributed by atoms with van der Waals surface area (Å²) in [6.07, 6.45) is 0. The summed E-state index contributed by atoms with van der Waals surface area (Å²) in [7, 11) is -4.08. The molecule has 0 fully saturated rings. The average Bonchev–Trinajstić information content (AvgIpc) is 2.79. The highest BCUT2D eigenvalue weighted by Crippen LogP contribution is 2.26. The van der Waals surface area contributed by atoms with Gasteiger partial charge < -0.3 is 9.15 Å². The van der Waals surface area contributed by atoms with Gasteiger partial charge in [-0.3, -0.25) is 0 Å². The van der Waals surface area contributed by atoms with Crippen LogP contribution in [0.4, 0.5) is 0 Å². The highest BCUT2D eigenvalue weighted by molar-refractivity contribution is 7.90. The molecule has 0 saturated heterocycles. The monoisotopic (exact) mass is 447 g/mol. The molecule has 0 aliphatic rings. The molecule has 0 spiro atoms. The summed E-state index contributed by atoms with van der Waals surface area (Å²) in [6.45, 7) is 4.11. The molecule has 0 aliphatic heterocycles. The molecular weight excluding hydrogens is 426 g/mol. The van der Waals surface area contributed by atoms with Crippen molar-refractivity contribution >= 4 is 26.7 Å². The number of nitrogens with zero attached hydrogens (tertiary/aromatic N) is 1. The van der Waals surface area contributed by atoms with Gasteiger partial charge in [-0.25, -0.2) is 4.79 Å². The van der Waals surface area contributed by atoms with E-state index in [0.717, 1.165) is 5.56 Å². The molecular formula is C25H21NO5S. The van der Waals surface area contributed by atoms with Crippen molar-refractivity contribution in [1.82, 2.24) is 0 Å². The van der Waals surface area contributed by atoms with Crippen molar-refractivity contribution in [2.45, 2.75) is 18.7 Å². The van der Waals surface area contributed by atoms with E-state index >= 15 is 0 Å². The van der Waals surface area contributed by atoms with Crippen LogP contribution in [0.5, 0.6) is 5.75 Å². The first kappa shape index (κ1) is 21.5. The summed E-state index contributed by atoms with van der Waals surface area (Å²) in [4.78, 5) is 13.0. The molecule has 0 bridgehead atoms. The van der Waals surface area contributed by atoms with E-state index in [0.29, 0.717) is 28.9 Å². The Morgan fingerprint density at radius 2 is 1.69 bits per heavy atom. The summed E-state index contributed by atoms with van der Waals surface area (Å²) in [5.41, 5.74) is 1.08. The predicted molar refractivity (Wildman–Crippen MR) is 124 cm³/mol. The third-order valence-electron chi connectivity index (χ3n) is 4.86. The van der Waals surface area contributed by atoms with E-state index < -0.39 is 15.6 Å². The minimum atomic E-state index is -4.08. The fraction of sp³-hybridized carbons (Fsp3) is 0.120. The van der Waals surface area contributed by atoms with E-state index in [2.05, 4.69) is 4.40 Å². The summed E-state index contributed by atoms with van der Waals surface area (Å²) in [5.74, 6) is 0.444. The van der Waals surface area contributed by atoms with Crippen LogP contribution in [0.25, 0.3) is 11.0 Å². The van der Waals surface area contributed by atoms with Crippen LogP contribution < -0.4 is 10.4 Å². The van der Waals surface area contributed by atoms with E-state index in [1.807, 2.05) is 13.8 Å². The number of hydrogen-bond acceptors (Lipinski definition) is 5. The fourth-order valence-electron chi connectivity index (χ4n) is 3.29. The van der Waals surface area contributed by atoms with Gasteiger partial charge in [0.1, 0.15) is 0 Å².